The summed E-state index contributed by atoms with van der Waals surface area (Å²) in [5.41, 5.74) is 1.31. The van der Waals surface area contributed by atoms with Gasteiger partial charge in [-0.2, -0.15) is 0 Å². The Balaban J connectivity index is 1.88. The van der Waals surface area contributed by atoms with Gasteiger partial charge in [-0.3, -0.25) is 0 Å². The zero-order chi connectivity index (χ0) is 13.0. The van der Waals surface area contributed by atoms with E-state index in [0.29, 0.717) is 6.04 Å². The fourth-order valence-corrected chi connectivity index (χ4v) is 3.65. The van der Waals surface area contributed by atoms with E-state index in [2.05, 4.69) is 62.3 Å². The molecule has 0 radical (unpaired) electrons. The number of halogens is 2. The Morgan fingerprint density at radius 1 is 1.33 bits per heavy atom. The van der Waals surface area contributed by atoms with Crippen molar-refractivity contribution in [3.63, 3.8) is 0 Å². The molecule has 1 aliphatic heterocycles. The maximum absolute atomic E-state index is 5.38. The van der Waals surface area contributed by atoms with Crippen molar-refractivity contribution < 1.29 is 4.74 Å². The van der Waals surface area contributed by atoms with Gasteiger partial charge in [0.2, 0.25) is 0 Å². The highest BCUT2D eigenvalue weighted by molar-refractivity contribution is 9.11. The van der Waals surface area contributed by atoms with Gasteiger partial charge >= 0.3 is 0 Å². The van der Waals surface area contributed by atoms with Crippen molar-refractivity contribution in [1.82, 2.24) is 5.32 Å². The van der Waals surface area contributed by atoms with Crippen LogP contribution in [0.15, 0.2) is 27.1 Å². The molecule has 0 aromatic heterocycles. The van der Waals surface area contributed by atoms with Crippen molar-refractivity contribution in [1.29, 1.82) is 0 Å². The summed E-state index contributed by atoms with van der Waals surface area (Å²) in [6, 6.07) is 6.72. The van der Waals surface area contributed by atoms with Gasteiger partial charge in [0.25, 0.3) is 0 Å². The van der Waals surface area contributed by atoms with E-state index in [1.807, 2.05) is 0 Å². The third-order valence-electron chi connectivity index (χ3n) is 3.48. The lowest BCUT2D eigenvalue weighted by atomic mass is 9.99. The third kappa shape index (κ3) is 4.05. The molecule has 1 aromatic carbocycles. The average molecular weight is 377 g/mol. The summed E-state index contributed by atoms with van der Waals surface area (Å²) in [6.45, 7) is 5.13. The van der Waals surface area contributed by atoms with E-state index < -0.39 is 0 Å². The fourth-order valence-electron chi connectivity index (χ4n) is 2.26. The first-order valence-corrected chi connectivity index (χ1v) is 8.01. The molecule has 0 amide bonds. The summed E-state index contributed by atoms with van der Waals surface area (Å²) >= 11 is 7.11. The van der Waals surface area contributed by atoms with Crippen LogP contribution in [0.3, 0.4) is 0 Å². The minimum atomic E-state index is 0.371. The second-order valence-corrected chi connectivity index (χ2v) is 6.62. The van der Waals surface area contributed by atoms with Crippen LogP contribution >= 0.6 is 31.9 Å². The molecule has 0 spiro atoms. The first-order chi connectivity index (χ1) is 8.66. The Hall–Kier alpha value is 0.1000. The van der Waals surface area contributed by atoms with Crippen molar-refractivity contribution in [3.8, 4) is 0 Å². The molecule has 1 saturated heterocycles. The van der Waals surface area contributed by atoms with E-state index >= 15 is 0 Å². The Kier molecular flexibility index (Phi) is 5.67. The van der Waals surface area contributed by atoms with Crippen LogP contribution in [0.2, 0.25) is 0 Å². The van der Waals surface area contributed by atoms with Crippen LogP contribution in [0.5, 0.6) is 0 Å². The summed E-state index contributed by atoms with van der Waals surface area (Å²) < 4.78 is 7.65. The standard InChI is InChI=1S/C14H19Br2NO/c1-10(13-3-2-12(15)8-14(13)16)17-9-11-4-6-18-7-5-11/h2-3,8,10-11,17H,4-7,9H2,1H3. The first-order valence-electron chi connectivity index (χ1n) is 6.43. The van der Waals surface area contributed by atoms with Gasteiger partial charge in [-0.25, -0.2) is 0 Å². The van der Waals surface area contributed by atoms with Gasteiger partial charge in [-0.1, -0.05) is 37.9 Å². The van der Waals surface area contributed by atoms with Gasteiger partial charge in [-0.15, -0.1) is 0 Å². The molecule has 1 heterocycles. The molecular weight excluding hydrogens is 358 g/mol. The first kappa shape index (κ1) is 14.5. The predicted octanol–water partition coefficient (Wildman–Crippen LogP) is 4.29. The van der Waals surface area contributed by atoms with Crippen LogP contribution in [0, 0.1) is 5.92 Å². The van der Waals surface area contributed by atoms with Gasteiger partial charge in [0.1, 0.15) is 0 Å². The lowest BCUT2D eigenvalue weighted by Gasteiger charge is -2.24. The molecular formula is C14H19Br2NO. The number of benzene rings is 1. The molecule has 1 fully saturated rings. The highest BCUT2D eigenvalue weighted by Gasteiger charge is 2.15. The molecule has 0 saturated carbocycles. The molecule has 2 rings (SSSR count). The van der Waals surface area contributed by atoms with E-state index in [-0.39, 0.29) is 0 Å². The molecule has 1 unspecified atom stereocenters. The molecule has 100 valence electrons. The largest absolute Gasteiger partial charge is 0.381 e. The fraction of sp³-hybridized carbons (Fsp3) is 0.571. The molecule has 1 aliphatic rings. The van der Waals surface area contributed by atoms with Crippen molar-refractivity contribution in [2.24, 2.45) is 5.92 Å². The van der Waals surface area contributed by atoms with Crippen LogP contribution in [-0.4, -0.2) is 19.8 Å². The summed E-state index contributed by atoms with van der Waals surface area (Å²) in [5, 5.41) is 3.63. The van der Waals surface area contributed by atoms with Crippen LogP contribution in [-0.2, 0) is 4.74 Å². The van der Waals surface area contributed by atoms with E-state index in [9.17, 15) is 0 Å². The predicted molar refractivity (Wildman–Crippen MR) is 81.8 cm³/mol. The van der Waals surface area contributed by atoms with Crippen molar-refractivity contribution >= 4 is 31.9 Å². The molecule has 0 bridgehead atoms. The van der Waals surface area contributed by atoms with Crippen LogP contribution in [0.25, 0.3) is 0 Å². The topological polar surface area (TPSA) is 21.3 Å². The minimum Gasteiger partial charge on any atom is -0.381 e. The highest BCUT2D eigenvalue weighted by atomic mass is 79.9. The van der Waals surface area contributed by atoms with Gasteiger partial charge in [0.15, 0.2) is 0 Å². The summed E-state index contributed by atoms with van der Waals surface area (Å²) in [6.07, 6.45) is 2.36. The quantitative estimate of drug-likeness (QED) is 0.846. The van der Waals surface area contributed by atoms with Gasteiger partial charge < -0.3 is 10.1 Å². The van der Waals surface area contributed by atoms with E-state index in [0.717, 1.165) is 34.6 Å². The molecule has 0 aliphatic carbocycles. The van der Waals surface area contributed by atoms with Crippen LogP contribution in [0.1, 0.15) is 31.4 Å². The van der Waals surface area contributed by atoms with Crippen LogP contribution in [0.4, 0.5) is 0 Å². The Morgan fingerprint density at radius 3 is 2.72 bits per heavy atom. The lowest BCUT2D eigenvalue weighted by molar-refractivity contribution is 0.0656. The smallest absolute Gasteiger partial charge is 0.0469 e. The zero-order valence-corrected chi connectivity index (χ0v) is 13.8. The molecule has 1 aromatic rings. The molecule has 2 nitrogen and oxygen atoms in total. The number of nitrogens with one attached hydrogen (secondary N) is 1. The highest BCUT2D eigenvalue weighted by Crippen LogP contribution is 2.27. The zero-order valence-electron chi connectivity index (χ0n) is 10.6. The molecule has 4 heteroatoms. The molecule has 1 atom stereocenters. The molecule has 18 heavy (non-hydrogen) atoms. The van der Waals surface area contributed by atoms with Gasteiger partial charge in [-0.05, 0) is 49.9 Å². The van der Waals surface area contributed by atoms with Crippen molar-refractivity contribution in [2.75, 3.05) is 19.8 Å². The summed E-state index contributed by atoms with van der Waals surface area (Å²) in [5.74, 6) is 0.760. The van der Waals surface area contributed by atoms with E-state index in [4.69, 9.17) is 4.74 Å². The number of hydrogen-bond donors (Lipinski definition) is 1. The molecule has 1 N–H and O–H groups in total. The summed E-state index contributed by atoms with van der Waals surface area (Å²) in [7, 11) is 0. The third-order valence-corrected chi connectivity index (χ3v) is 4.66. The van der Waals surface area contributed by atoms with E-state index in [1.165, 1.54) is 18.4 Å². The maximum Gasteiger partial charge on any atom is 0.0469 e. The van der Waals surface area contributed by atoms with Crippen LogP contribution < -0.4 is 5.32 Å². The normalized spacial score (nSPS) is 18.8. The van der Waals surface area contributed by atoms with E-state index in [1.54, 1.807) is 0 Å². The van der Waals surface area contributed by atoms with Gasteiger partial charge in [0.05, 0.1) is 0 Å². The summed E-state index contributed by atoms with van der Waals surface area (Å²) in [4.78, 5) is 0. The SMILES string of the molecule is CC(NCC1CCOCC1)c1ccc(Br)cc1Br. The monoisotopic (exact) mass is 375 g/mol. The Labute approximate surface area is 126 Å². The number of hydrogen-bond acceptors (Lipinski definition) is 2. The Morgan fingerprint density at radius 2 is 2.06 bits per heavy atom. The van der Waals surface area contributed by atoms with Crippen molar-refractivity contribution in [3.05, 3.63) is 32.7 Å². The second kappa shape index (κ2) is 7.04. The van der Waals surface area contributed by atoms with Crippen molar-refractivity contribution in [2.45, 2.75) is 25.8 Å². The number of rotatable bonds is 4. The minimum absolute atomic E-state index is 0.371. The number of ether oxygens (including phenoxy) is 1. The second-order valence-electron chi connectivity index (χ2n) is 4.85. The average Bonchev–Trinajstić information content (AvgIpc) is 2.37. The Bertz CT molecular complexity index is 391. The maximum atomic E-state index is 5.38. The van der Waals surface area contributed by atoms with Gasteiger partial charge in [0, 0.05) is 28.2 Å². The lowest BCUT2D eigenvalue weighted by Crippen LogP contribution is -2.29.